The van der Waals surface area contributed by atoms with E-state index in [0.29, 0.717) is 18.8 Å². The fraction of sp³-hybridized carbons (Fsp3) is 0.588. The van der Waals surface area contributed by atoms with Crippen molar-refractivity contribution < 1.29 is 13.2 Å². The molecule has 2 aliphatic carbocycles. The van der Waals surface area contributed by atoms with Crippen LogP contribution in [0.1, 0.15) is 33.1 Å². The van der Waals surface area contributed by atoms with Gasteiger partial charge in [0, 0.05) is 0 Å². The molecule has 0 N–H and O–H groups in total. The van der Waals surface area contributed by atoms with Gasteiger partial charge < -0.3 is 0 Å². The van der Waals surface area contributed by atoms with Crippen molar-refractivity contribution >= 4 is 34.0 Å². The maximum atomic E-state index is 12.7. The van der Waals surface area contributed by atoms with E-state index in [2.05, 4.69) is 17.2 Å². The average Bonchev–Trinajstić information content (AvgIpc) is 2.81. The van der Waals surface area contributed by atoms with E-state index in [-0.39, 0.29) is 17.0 Å². The summed E-state index contributed by atoms with van der Waals surface area (Å²) in [6, 6.07) is 9.58. The molecule has 23 heavy (non-hydrogen) atoms. The Kier molecular flexibility index (Phi) is 4.14. The number of rotatable bonds is 4. The molecule has 0 saturated heterocycles. The second kappa shape index (κ2) is 5.61. The van der Waals surface area contributed by atoms with Crippen molar-refractivity contribution in [2.45, 2.75) is 38.9 Å². The Hall–Kier alpha value is -0.841. The van der Waals surface area contributed by atoms with Crippen LogP contribution in [0.5, 0.6) is 0 Å². The van der Waals surface area contributed by atoms with E-state index in [4.69, 9.17) is 0 Å². The molecule has 3 unspecified atom stereocenters. The SMILES string of the molecule is C/[Se](=N\S(=O)(=O)CC12CCC(CC1=O)C2(C)C)c1ccccc1. The number of hydrogen-bond donors (Lipinski definition) is 0. The summed E-state index contributed by atoms with van der Waals surface area (Å²) in [7, 11) is -3.60. The summed E-state index contributed by atoms with van der Waals surface area (Å²) in [5, 5.41) is 0. The molecule has 2 saturated carbocycles. The second-order valence-electron chi connectivity index (χ2n) is 7.26. The van der Waals surface area contributed by atoms with Crippen molar-refractivity contribution in [1.29, 1.82) is 0 Å². The number of ketones is 1. The van der Waals surface area contributed by atoms with E-state index in [1.54, 1.807) is 0 Å². The van der Waals surface area contributed by atoms with E-state index in [1.165, 1.54) is 0 Å². The molecule has 2 bridgehead atoms. The van der Waals surface area contributed by atoms with Crippen molar-refractivity contribution in [1.82, 2.24) is 0 Å². The predicted octanol–water partition coefficient (Wildman–Crippen LogP) is 2.51. The minimum atomic E-state index is -3.60. The zero-order chi connectivity index (χ0) is 16.9. The molecule has 0 heterocycles. The number of carbonyl (C=O) groups is 1. The van der Waals surface area contributed by atoms with Gasteiger partial charge in [-0.15, -0.1) is 0 Å². The molecule has 0 aliphatic heterocycles. The first kappa shape index (κ1) is 17.0. The molecule has 4 nitrogen and oxygen atoms in total. The van der Waals surface area contributed by atoms with Gasteiger partial charge in [0.25, 0.3) is 0 Å². The van der Waals surface area contributed by atoms with Gasteiger partial charge in [0.05, 0.1) is 0 Å². The van der Waals surface area contributed by atoms with Crippen LogP contribution in [0.25, 0.3) is 0 Å². The Morgan fingerprint density at radius 2 is 1.91 bits per heavy atom. The summed E-state index contributed by atoms with van der Waals surface area (Å²) in [4.78, 5) is 12.5. The monoisotopic (exact) mass is 401 g/mol. The van der Waals surface area contributed by atoms with Crippen LogP contribution in [0.15, 0.2) is 33.7 Å². The molecular formula is C17H23NO3SSe. The Morgan fingerprint density at radius 1 is 1.26 bits per heavy atom. The van der Waals surface area contributed by atoms with E-state index >= 15 is 0 Å². The van der Waals surface area contributed by atoms with Crippen LogP contribution in [0.2, 0.25) is 5.82 Å². The summed E-state index contributed by atoms with van der Waals surface area (Å²) in [5.41, 5.74) is -0.953. The molecule has 0 spiro atoms. The summed E-state index contributed by atoms with van der Waals surface area (Å²) < 4.78 is 30.6. The number of carbonyl (C=O) groups excluding carboxylic acids is 1. The van der Waals surface area contributed by atoms with Crippen molar-refractivity contribution in [2.24, 2.45) is 20.1 Å². The molecule has 126 valence electrons. The van der Waals surface area contributed by atoms with E-state index in [9.17, 15) is 13.2 Å². The van der Waals surface area contributed by atoms with Crippen LogP contribution < -0.4 is 4.46 Å². The minimum absolute atomic E-state index is 0.108. The molecule has 2 aliphatic rings. The molecule has 3 rings (SSSR count). The van der Waals surface area contributed by atoms with Crippen LogP contribution >= 0.6 is 0 Å². The molecule has 0 amide bonds. The van der Waals surface area contributed by atoms with Gasteiger partial charge in [0.1, 0.15) is 0 Å². The third-order valence-electron chi connectivity index (χ3n) is 5.88. The van der Waals surface area contributed by atoms with E-state index in [0.717, 1.165) is 10.9 Å². The summed E-state index contributed by atoms with van der Waals surface area (Å²) >= 11 is -1.76. The van der Waals surface area contributed by atoms with Crippen molar-refractivity contribution in [3.05, 3.63) is 30.3 Å². The third-order valence-corrected chi connectivity index (χ3v) is 12.0. The standard InChI is InChI=1S/C17H23NO3SSe/c1-16(2)13-9-10-17(16,15(19)11-13)12-22(20,21)18-23(3)14-7-5-4-6-8-14/h4-8,13H,9-12H2,1-3H3. The van der Waals surface area contributed by atoms with Gasteiger partial charge in [-0.1, -0.05) is 0 Å². The van der Waals surface area contributed by atoms with Gasteiger partial charge in [0.15, 0.2) is 0 Å². The first-order chi connectivity index (χ1) is 10.7. The van der Waals surface area contributed by atoms with E-state index in [1.807, 2.05) is 36.2 Å². The van der Waals surface area contributed by atoms with Gasteiger partial charge in [0.2, 0.25) is 0 Å². The van der Waals surface area contributed by atoms with E-state index < -0.39 is 29.1 Å². The first-order valence-corrected chi connectivity index (χ1v) is 12.8. The molecule has 0 aromatic heterocycles. The summed E-state index contributed by atoms with van der Waals surface area (Å²) in [6.45, 7) is 4.12. The molecular weight excluding hydrogens is 377 g/mol. The quantitative estimate of drug-likeness (QED) is 0.730. The Morgan fingerprint density at radius 3 is 2.43 bits per heavy atom. The zero-order valence-corrected chi connectivity index (χ0v) is 16.3. The maximum absolute atomic E-state index is 12.7. The van der Waals surface area contributed by atoms with Gasteiger partial charge in [-0.25, -0.2) is 0 Å². The summed E-state index contributed by atoms with van der Waals surface area (Å²) in [5.74, 6) is 2.25. The summed E-state index contributed by atoms with van der Waals surface area (Å²) in [6.07, 6.45) is 2.18. The number of Topliss-reactive ketones (excluding diaryl/α,β-unsaturated/α-hetero) is 1. The van der Waals surface area contributed by atoms with Crippen LogP contribution in [-0.2, 0) is 14.8 Å². The van der Waals surface area contributed by atoms with Gasteiger partial charge in [-0.3, -0.25) is 0 Å². The van der Waals surface area contributed by atoms with Crippen LogP contribution in [0.3, 0.4) is 0 Å². The fourth-order valence-corrected chi connectivity index (χ4v) is 10.2. The average molecular weight is 400 g/mol. The third kappa shape index (κ3) is 2.75. The van der Waals surface area contributed by atoms with Crippen LogP contribution in [-0.4, -0.2) is 33.7 Å². The second-order valence-corrected chi connectivity index (χ2v) is 12.8. The fourth-order valence-electron chi connectivity index (χ4n) is 4.28. The molecule has 6 heteroatoms. The number of nitrogens with zero attached hydrogens (tertiary/aromatic N) is 1. The molecule has 0 radical (unpaired) electrons. The Bertz CT molecular complexity index is 770. The van der Waals surface area contributed by atoms with Crippen molar-refractivity contribution in [3.8, 4) is 0 Å². The molecule has 1 aromatic rings. The van der Waals surface area contributed by atoms with Gasteiger partial charge in [-0.05, 0) is 0 Å². The van der Waals surface area contributed by atoms with Crippen molar-refractivity contribution in [2.75, 3.05) is 5.75 Å². The normalized spacial score (nSPS) is 30.7. The first-order valence-electron chi connectivity index (χ1n) is 7.88. The zero-order valence-electron chi connectivity index (χ0n) is 13.8. The molecule has 3 atom stereocenters. The van der Waals surface area contributed by atoms with Crippen LogP contribution in [0, 0.1) is 16.7 Å². The van der Waals surface area contributed by atoms with Crippen molar-refractivity contribution in [3.63, 3.8) is 0 Å². The van der Waals surface area contributed by atoms with Gasteiger partial charge in [-0.2, -0.15) is 0 Å². The molecule has 1 aromatic carbocycles. The Labute approximate surface area is 142 Å². The van der Waals surface area contributed by atoms with Gasteiger partial charge >= 0.3 is 142 Å². The number of hydrogen-bond acceptors (Lipinski definition) is 3. The number of benzene rings is 1. The predicted molar refractivity (Wildman–Crippen MR) is 92.5 cm³/mol. The topological polar surface area (TPSA) is 63.6 Å². The van der Waals surface area contributed by atoms with Crippen LogP contribution in [0.4, 0.5) is 0 Å². The number of fused-ring (bicyclic) bond motifs is 2. The molecule has 2 fully saturated rings. The Balaban J connectivity index is 1.92. The number of sulfonamides is 1.